The summed E-state index contributed by atoms with van der Waals surface area (Å²) in [7, 11) is -4.60. The molecule has 0 atom stereocenters. The van der Waals surface area contributed by atoms with Crippen molar-refractivity contribution in [1.29, 1.82) is 0 Å². The van der Waals surface area contributed by atoms with E-state index in [2.05, 4.69) is 15.0 Å². The number of anilines is 1. The Hall–Kier alpha value is -2.34. The predicted octanol–water partition coefficient (Wildman–Crippen LogP) is 5.20. The lowest BCUT2D eigenvalue weighted by atomic mass is 10.1. The summed E-state index contributed by atoms with van der Waals surface area (Å²) >= 11 is 12.4. The molecule has 0 bridgehead atoms. The Kier molecular flexibility index (Phi) is 6.79. The quantitative estimate of drug-likeness (QED) is 0.477. The Bertz CT molecular complexity index is 1220. The van der Waals surface area contributed by atoms with Gasteiger partial charge in [0.05, 0.1) is 16.8 Å². The Labute approximate surface area is 189 Å². The van der Waals surface area contributed by atoms with Gasteiger partial charge in [0.1, 0.15) is 9.23 Å². The van der Waals surface area contributed by atoms with Crippen LogP contribution in [0.15, 0.2) is 53.6 Å². The summed E-state index contributed by atoms with van der Waals surface area (Å²) < 4.78 is 68.0. The number of alkyl halides is 3. The van der Waals surface area contributed by atoms with Gasteiger partial charge in [0.25, 0.3) is 15.9 Å². The number of rotatable bonds is 6. The molecular formula is C18H12Cl2F3N3O3S2. The zero-order chi connectivity index (χ0) is 22.8. The number of hydrogen-bond donors (Lipinski definition) is 2. The van der Waals surface area contributed by atoms with Crippen molar-refractivity contribution in [2.75, 3.05) is 4.72 Å². The second kappa shape index (κ2) is 9.03. The molecule has 1 aromatic heterocycles. The number of nitrogens with zero attached hydrogens (tertiary/aromatic N) is 1. The molecule has 0 saturated carbocycles. The molecule has 0 saturated heterocycles. The molecule has 0 fully saturated rings. The summed E-state index contributed by atoms with van der Waals surface area (Å²) in [5.74, 6) is -0.542. The van der Waals surface area contributed by atoms with Crippen LogP contribution in [0.5, 0.6) is 0 Å². The van der Waals surface area contributed by atoms with Crippen LogP contribution in [0.25, 0.3) is 0 Å². The van der Waals surface area contributed by atoms with E-state index in [0.717, 1.165) is 17.4 Å². The van der Waals surface area contributed by atoms with E-state index in [4.69, 9.17) is 23.2 Å². The Balaban J connectivity index is 2.00. The standard InChI is InChI=1S/C18H12Cl2F3N3O3S2/c19-13-9-25-17(30-13)26-31(28,29)15-11(6-7-12(14(15)20)18(21,22)23)8-24-16(27)10-4-2-1-3-5-10/h1-7,9H,8H2,(H,24,27)(H,25,26). The van der Waals surface area contributed by atoms with Crippen molar-refractivity contribution >= 4 is 55.6 Å². The maximum absolute atomic E-state index is 13.3. The third-order valence-corrected chi connectivity index (χ3v) is 7.06. The number of hydrogen-bond acceptors (Lipinski definition) is 5. The number of carbonyl (C=O) groups is 1. The first kappa shape index (κ1) is 23.3. The highest BCUT2D eigenvalue weighted by Crippen LogP contribution is 2.40. The highest BCUT2D eigenvalue weighted by molar-refractivity contribution is 7.93. The Morgan fingerprint density at radius 1 is 1.10 bits per heavy atom. The van der Waals surface area contributed by atoms with E-state index < -0.39 is 37.6 Å². The first-order valence-electron chi connectivity index (χ1n) is 8.35. The van der Waals surface area contributed by atoms with E-state index in [-0.39, 0.29) is 21.6 Å². The first-order valence-corrected chi connectivity index (χ1v) is 11.4. The van der Waals surface area contributed by atoms with Crippen molar-refractivity contribution in [2.24, 2.45) is 0 Å². The lowest BCUT2D eigenvalue weighted by Crippen LogP contribution is -2.25. The second-order valence-corrected chi connectivity index (χ2v) is 9.70. The number of aromatic nitrogens is 1. The molecule has 6 nitrogen and oxygen atoms in total. The van der Waals surface area contributed by atoms with Crippen molar-refractivity contribution in [3.8, 4) is 0 Å². The molecular weight excluding hydrogens is 498 g/mol. The summed E-state index contributed by atoms with van der Waals surface area (Å²) in [6, 6.07) is 9.62. The maximum Gasteiger partial charge on any atom is 0.417 e. The van der Waals surface area contributed by atoms with E-state index in [0.29, 0.717) is 11.6 Å². The number of thiazole rings is 1. The van der Waals surface area contributed by atoms with Crippen LogP contribution in [0.2, 0.25) is 9.36 Å². The van der Waals surface area contributed by atoms with Gasteiger partial charge in [-0.25, -0.2) is 13.4 Å². The van der Waals surface area contributed by atoms with Crippen LogP contribution in [0.4, 0.5) is 18.3 Å². The molecule has 0 aliphatic heterocycles. The molecule has 0 radical (unpaired) electrons. The molecule has 31 heavy (non-hydrogen) atoms. The number of amides is 1. The molecule has 0 spiro atoms. The lowest BCUT2D eigenvalue weighted by Gasteiger charge is -2.17. The van der Waals surface area contributed by atoms with E-state index in [1.54, 1.807) is 18.2 Å². The highest BCUT2D eigenvalue weighted by Gasteiger charge is 2.37. The molecule has 0 aliphatic carbocycles. The van der Waals surface area contributed by atoms with Crippen LogP contribution in [0, 0.1) is 0 Å². The van der Waals surface area contributed by atoms with Gasteiger partial charge in [-0.15, -0.1) is 0 Å². The summed E-state index contributed by atoms with van der Waals surface area (Å²) in [5, 5.41) is 1.30. The van der Waals surface area contributed by atoms with Crippen molar-refractivity contribution in [2.45, 2.75) is 17.6 Å². The number of carbonyl (C=O) groups excluding carboxylic acids is 1. The van der Waals surface area contributed by atoms with Gasteiger partial charge in [0.15, 0.2) is 5.13 Å². The van der Waals surface area contributed by atoms with Gasteiger partial charge in [0.2, 0.25) is 0 Å². The van der Waals surface area contributed by atoms with Crippen molar-refractivity contribution in [3.05, 3.63) is 74.7 Å². The van der Waals surface area contributed by atoms with E-state index >= 15 is 0 Å². The number of nitrogens with one attached hydrogen (secondary N) is 2. The van der Waals surface area contributed by atoms with Crippen LogP contribution in [-0.2, 0) is 22.7 Å². The van der Waals surface area contributed by atoms with Gasteiger partial charge >= 0.3 is 6.18 Å². The molecule has 3 aromatic rings. The van der Waals surface area contributed by atoms with Gasteiger partial charge in [-0.2, -0.15) is 13.2 Å². The fourth-order valence-corrected chi connectivity index (χ4v) is 5.55. The van der Waals surface area contributed by atoms with Crippen molar-refractivity contribution in [3.63, 3.8) is 0 Å². The number of benzene rings is 2. The third-order valence-electron chi connectivity index (χ3n) is 3.93. The molecule has 2 N–H and O–H groups in total. The third kappa shape index (κ3) is 5.48. The molecule has 3 rings (SSSR count). The fourth-order valence-electron chi connectivity index (χ4n) is 2.58. The number of sulfonamides is 1. The minimum atomic E-state index is -4.89. The van der Waals surface area contributed by atoms with Crippen molar-refractivity contribution in [1.82, 2.24) is 10.3 Å². The van der Waals surface area contributed by atoms with E-state index in [9.17, 15) is 26.4 Å². The van der Waals surface area contributed by atoms with Crippen LogP contribution in [-0.4, -0.2) is 19.3 Å². The molecule has 2 aromatic carbocycles. The minimum absolute atomic E-state index is 0.141. The van der Waals surface area contributed by atoms with Gasteiger partial charge in [0, 0.05) is 12.1 Å². The maximum atomic E-state index is 13.3. The molecule has 13 heteroatoms. The summed E-state index contributed by atoms with van der Waals surface area (Å²) in [6.07, 6.45) is -3.71. The predicted molar refractivity (Wildman–Crippen MR) is 112 cm³/mol. The van der Waals surface area contributed by atoms with Crippen molar-refractivity contribution < 1.29 is 26.4 Å². The first-order chi connectivity index (χ1) is 14.5. The highest BCUT2D eigenvalue weighted by atomic mass is 35.5. The van der Waals surface area contributed by atoms with Crippen LogP contribution in [0.3, 0.4) is 0 Å². The minimum Gasteiger partial charge on any atom is -0.348 e. The summed E-state index contributed by atoms with van der Waals surface area (Å²) in [4.78, 5) is 15.2. The fraction of sp³-hybridized carbons (Fsp3) is 0.111. The smallest absolute Gasteiger partial charge is 0.348 e. The average molecular weight is 510 g/mol. The molecule has 164 valence electrons. The SMILES string of the molecule is O=C(NCc1ccc(C(F)(F)F)c(Cl)c1S(=O)(=O)Nc1ncc(Cl)s1)c1ccccc1. The van der Waals surface area contributed by atoms with Gasteiger partial charge in [-0.3, -0.25) is 9.52 Å². The van der Waals surface area contributed by atoms with Crippen LogP contribution < -0.4 is 10.0 Å². The lowest BCUT2D eigenvalue weighted by molar-refractivity contribution is -0.137. The van der Waals surface area contributed by atoms with Crippen LogP contribution in [0.1, 0.15) is 21.5 Å². The zero-order valence-corrected chi connectivity index (χ0v) is 18.3. The van der Waals surface area contributed by atoms with Crippen LogP contribution >= 0.6 is 34.5 Å². The normalized spacial score (nSPS) is 11.9. The Morgan fingerprint density at radius 3 is 2.35 bits per heavy atom. The second-order valence-electron chi connectivity index (χ2n) is 6.04. The molecule has 0 aliphatic rings. The summed E-state index contributed by atoms with van der Waals surface area (Å²) in [5.41, 5.74) is -1.18. The molecule has 1 heterocycles. The van der Waals surface area contributed by atoms with E-state index in [1.807, 2.05) is 0 Å². The van der Waals surface area contributed by atoms with Gasteiger partial charge in [-0.05, 0) is 23.8 Å². The average Bonchev–Trinajstić information content (AvgIpc) is 3.09. The van der Waals surface area contributed by atoms with E-state index in [1.165, 1.54) is 18.3 Å². The van der Waals surface area contributed by atoms with Gasteiger partial charge in [-0.1, -0.05) is 58.8 Å². The molecule has 0 unspecified atom stereocenters. The van der Waals surface area contributed by atoms with Gasteiger partial charge < -0.3 is 5.32 Å². The largest absolute Gasteiger partial charge is 0.417 e. The Morgan fingerprint density at radius 2 is 1.77 bits per heavy atom. The number of halogens is 5. The monoisotopic (exact) mass is 509 g/mol. The molecule has 1 amide bonds. The topological polar surface area (TPSA) is 88.2 Å². The zero-order valence-electron chi connectivity index (χ0n) is 15.2. The summed E-state index contributed by atoms with van der Waals surface area (Å²) in [6.45, 7) is -0.388.